The van der Waals surface area contributed by atoms with Crippen molar-refractivity contribution < 1.29 is 13.2 Å². The zero-order valence-corrected chi connectivity index (χ0v) is 19.7. The molecule has 0 radical (unpaired) electrons. The van der Waals surface area contributed by atoms with Crippen molar-refractivity contribution in [2.45, 2.75) is 89.1 Å². The molecule has 5 rings (SSSR count). The number of Topliss-reactive ketones (excluding diaryl/α,β-unsaturated/α-hetero) is 1. The Balaban J connectivity index is 1.18. The average molecular weight is 458 g/mol. The van der Waals surface area contributed by atoms with Crippen LogP contribution < -0.4 is 0 Å². The molecule has 1 N–H and O–H groups in total. The van der Waals surface area contributed by atoms with E-state index < -0.39 is 16.1 Å². The number of ketones is 1. The second-order valence-corrected chi connectivity index (χ2v) is 12.2. The molecule has 2 saturated carbocycles. The fourth-order valence-electron chi connectivity index (χ4n) is 6.40. The van der Waals surface area contributed by atoms with Gasteiger partial charge in [0.1, 0.15) is 0 Å². The smallest absolute Gasteiger partial charge is 0.215 e. The molecule has 0 amide bonds. The summed E-state index contributed by atoms with van der Waals surface area (Å²) in [5, 5.41) is 8.17. The van der Waals surface area contributed by atoms with E-state index in [1.165, 1.54) is 12.0 Å². The molecule has 32 heavy (non-hydrogen) atoms. The van der Waals surface area contributed by atoms with Gasteiger partial charge in [-0.05, 0) is 74.8 Å². The van der Waals surface area contributed by atoms with Gasteiger partial charge in [0.05, 0.1) is 23.5 Å². The van der Waals surface area contributed by atoms with Crippen molar-refractivity contribution in [2.24, 2.45) is 11.8 Å². The first-order chi connectivity index (χ1) is 15.5. The first kappa shape index (κ1) is 22.1. The molecule has 1 saturated heterocycles. The Morgan fingerprint density at radius 1 is 1.09 bits per heavy atom. The Morgan fingerprint density at radius 2 is 1.94 bits per heavy atom. The number of piperidine rings is 1. The van der Waals surface area contributed by atoms with Crippen LogP contribution in [0, 0.1) is 11.8 Å². The van der Waals surface area contributed by atoms with Crippen LogP contribution in [0.5, 0.6) is 0 Å². The van der Waals surface area contributed by atoms with Gasteiger partial charge in [-0.15, -0.1) is 0 Å². The number of nitrogens with one attached hydrogen (secondary N) is 1. The standard InChI is InChI=1S/C25H35N3O3S/c29-24(9-5-4-6-18-10-11-21-16-26-27-23(21)14-18)25-20-12-13-22(15-20)28(25)32(30,31)17-19-7-2-1-3-8-19/h10-11,14,16,19-20,22,25H,1-9,12-13,15,17H2,(H,26,27). The summed E-state index contributed by atoms with van der Waals surface area (Å²) in [6.07, 6.45) is 13.3. The number of aryl methyl sites for hydroxylation is 1. The van der Waals surface area contributed by atoms with Crippen LogP contribution in [0.15, 0.2) is 24.4 Å². The van der Waals surface area contributed by atoms with E-state index in [0.717, 1.165) is 75.1 Å². The molecule has 7 heteroatoms. The maximum absolute atomic E-state index is 13.4. The number of carbonyl (C=O) groups excluding carboxylic acids is 1. The lowest BCUT2D eigenvalue weighted by molar-refractivity contribution is -0.124. The second kappa shape index (κ2) is 9.26. The third-order valence-corrected chi connectivity index (χ3v) is 10.1. The van der Waals surface area contributed by atoms with E-state index in [1.54, 1.807) is 4.31 Å². The van der Waals surface area contributed by atoms with Gasteiger partial charge < -0.3 is 0 Å². The lowest BCUT2D eigenvalue weighted by Crippen LogP contribution is -2.50. The Morgan fingerprint density at radius 3 is 2.78 bits per heavy atom. The van der Waals surface area contributed by atoms with Gasteiger partial charge >= 0.3 is 0 Å². The first-order valence-electron chi connectivity index (χ1n) is 12.5. The summed E-state index contributed by atoms with van der Waals surface area (Å²) in [4.78, 5) is 13.2. The van der Waals surface area contributed by atoms with E-state index in [2.05, 4.69) is 28.4 Å². The number of rotatable bonds is 9. The highest BCUT2D eigenvalue weighted by Crippen LogP contribution is 2.45. The molecule has 3 unspecified atom stereocenters. The van der Waals surface area contributed by atoms with Crippen LogP contribution in [-0.2, 0) is 21.2 Å². The number of nitrogens with zero attached hydrogens (tertiary/aromatic N) is 2. The van der Waals surface area contributed by atoms with Crippen molar-refractivity contribution in [2.75, 3.05) is 5.75 Å². The third-order valence-electron chi connectivity index (χ3n) is 7.99. The van der Waals surface area contributed by atoms with Crippen LogP contribution in [0.3, 0.4) is 0 Å². The quantitative estimate of drug-likeness (QED) is 0.558. The molecule has 174 valence electrons. The molecule has 6 nitrogen and oxygen atoms in total. The van der Waals surface area contributed by atoms with E-state index >= 15 is 0 Å². The maximum atomic E-state index is 13.4. The minimum atomic E-state index is -3.37. The minimum Gasteiger partial charge on any atom is -0.298 e. The van der Waals surface area contributed by atoms with Crippen molar-refractivity contribution in [3.05, 3.63) is 30.0 Å². The van der Waals surface area contributed by atoms with Crippen molar-refractivity contribution in [3.8, 4) is 0 Å². The van der Waals surface area contributed by atoms with Gasteiger partial charge in [0.25, 0.3) is 0 Å². The predicted octanol–water partition coefficient (Wildman–Crippen LogP) is 4.61. The second-order valence-electron chi connectivity index (χ2n) is 10.2. The SMILES string of the molecule is O=C(CCCCc1ccc2cn[nH]c2c1)C1C2CCC(C2)N1S(=O)(=O)CC1CCCCC1. The lowest BCUT2D eigenvalue weighted by atomic mass is 9.91. The molecule has 1 aliphatic heterocycles. The molecule has 1 aromatic carbocycles. The molecule has 2 aromatic rings. The number of fused-ring (bicyclic) bond motifs is 3. The van der Waals surface area contributed by atoms with E-state index in [1.807, 2.05) is 6.20 Å². The lowest BCUT2D eigenvalue weighted by Gasteiger charge is -2.35. The highest BCUT2D eigenvalue weighted by Gasteiger charge is 2.53. The Hall–Kier alpha value is -1.73. The average Bonchev–Trinajstić information content (AvgIpc) is 3.52. The number of benzene rings is 1. The summed E-state index contributed by atoms with van der Waals surface area (Å²) in [5.41, 5.74) is 2.28. The number of aromatic nitrogens is 2. The summed E-state index contributed by atoms with van der Waals surface area (Å²) in [7, 11) is -3.37. The van der Waals surface area contributed by atoms with E-state index in [9.17, 15) is 13.2 Å². The Bertz CT molecular complexity index is 1060. The third kappa shape index (κ3) is 4.51. The summed E-state index contributed by atoms with van der Waals surface area (Å²) >= 11 is 0. The van der Waals surface area contributed by atoms with Gasteiger partial charge in [0.2, 0.25) is 10.0 Å². The van der Waals surface area contributed by atoms with Crippen LogP contribution in [-0.4, -0.2) is 46.5 Å². The molecule has 1 aromatic heterocycles. The number of H-pyrrole nitrogens is 1. The van der Waals surface area contributed by atoms with Crippen LogP contribution in [0.2, 0.25) is 0 Å². The number of aromatic amines is 1. The van der Waals surface area contributed by atoms with Gasteiger partial charge in [-0.2, -0.15) is 9.40 Å². The first-order valence-corrected chi connectivity index (χ1v) is 14.1. The molecule has 0 spiro atoms. The predicted molar refractivity (Wildman–Crippen MR) is 126 cm³/mol. The monoisotopic (exact) mass is 457 g/mol. The molecular weight excluding hydrogens is 422 g/mol. The molecule has 2 heterocycles. The van der Waals surface area contributed by atoms with Crippen molar-refractivity contribution in [1.29, 1.82) is 0 Å². The number of hydrogen-bond donors (Lipinski definition) is 1. The van der Waals surface area contributed by atoms with Gasteiger partial charge in [-0.3, -0.25) is 9.89 Å². The normalized spacial score (nSPS) is 26.8. The molecule has 3 atom stereocenters. The van der Waals surface area contributed by atoms with Gasteiger partial charge in [-0.1, -0.05) is 31.4 Å². The van der Waals surface area contributed by atoms with E-state index in [0.29, 0.717) is 6.42 Å². The number of sulfonamides is 1. The molecular formula is C25H35N3O3S. The van der Waals surface area contributed by atoms with Crippen LogP contribution >= 0.6 is 0 Å². The van der Waals surface area contributed by atoms with Gasteiger partial charge in [0.15, 0.2) is 5.78 Å². The number of hydrogen-bond acceptors (Lipinski definition) is 4. The molecule has 2 bridgehead atoms. The minimum absolute atomic E-state index is 0.0590. The fraction of sp³-hybridized carbons (Fsp3) is 0.680. The van der Waals surface area contributed by atoms with Crippen molar-refractivity contribution >= 4 is 26.7 Å². The zero-order valence-electron chi connectivity index (χ0n) is 18.8. The number of unbranched alkanes of at least 4 members (excludes halogenated alkanes) is 1. The summed E-state index contributed by atoms with van der Waals surface area (Å²) in [5.74, 6) is 0.900. The van der Waals surface area contributed by atoms with Crippen molar-refractivity contribution in [1.82, 2.24) is 14.5 Å². The van der Waals surface area contributed by atoms with Crippen LogP contribution in [0.4, 0.5) is 0 Å². The highest BCUT2D eigenvalue weighted by atomic mass is 32.2. The fourth-order valence-corrected chi connectivity index (χ4v) is 8.79. The molecule has 2 aliphatic carbocycles. The van der Waals surface area contributed by atoms with E-state index in [-0.39, 0.29) is 29.4 Å². The summed E-state index contributed by atoms with van der Waals surface area (Å²) in [6, 6.07) is 5.98. The van der Waals surface area contributed by atoms with Gasteiger partial charge in [0, 0.05) is 17.8 Å². The Kier molecular flexibility index (Phi) is 6.39. The van der Waals surface area contributed by atoms with Gasteiger partial charge in [-0.25, -0.2) is 8.42 Å². The van der Waals surface area contributed by atoms with Crippen LogP contribution in [0.1, 0.15) is 76.2 Å². The zero-order chi connectivity index (χ0) is 22.1. The van der Waals surface area contributed by atoms with Crippen molar-refractivity contribution in [3.63, 3.8) is 0 Å². The van der Waals surface area contributed by atoms with E-state index in [4.69, 9.17) is 0 Å². The molecule has 3 aliphatic rings. The summed E-state index contributed by atoms with van der Waals surface area (Å²) in [6.45, 7) is 0. The molecule has 3 fully saturated rings. The largest absolute Gasteiger partial charge is 0.298 e. The highest BCUT2D eigenvalue weighted by molar-refractivity contribution is 7.89. The maximum Gasteiger partial charge on any atom is 0.215 e. The van der Waals surface area contributed by atoms with Crippen LogP contribution in [0.25, 0.3) is 10.9 Å². The number of carbonyl (C=O) groups is 1. The summed E-state index contributed by atoms with van der Waals surface area (Å²) < 4.78 is 28.4. The topological polar surface area (TPSA) is 83.1 Å². The Labute approximate surface area is 191 Å².